The average molecular weight is 484 g/mol. The molecule has 0 aliphatic rings. The number of amides is 2. The highest BCUT2D eigenvalue weighted by Gasteiger charge is 2.32. The molecule has 3 rings (SSSR count). The summed E-state index contributed by atoms with van der Waals surface area (Å²) >= 11 is 0. The number of rotatable bonds is 9. The zero-order valence-electron chi connectivity index (χ0n) is 18.9. The second kappa shape index (κ2) is 10.9. The predicted octanol–water partition coefficient (Wildman–Crippen LogP) is 3.18. The Morgan fingerprint density at radius 1 is 0.912 bits per heavy atom. The van der Waals surface area contributed by atoms with E-state index in [-0.39, 0.29) is 23.0 Å². The molecule has 0 radical (unpaired) electrons. The molecule has 3 aromatic rings. The van der Waals surface area contributed by atoms with E-state index >= 15 is 0 Å². The first kappa shape index (κ1) is 24.9. The summed E-state index contributed by atoms with van der Waals surface area (Å²) in [6.45, 7) is 1.16. The molecule has 0 spiro atoms. The van der Waals surface area contributed by atoms with Crippen LogP contribution in [0.3, 0.4) is 0 Å². The van der Waals surface area contributed by atoms with Crippen molar-refractivity contribution in [2.75, 3.05) is 17.9 Å². The third-order valence-corrected chi connectivity index (χ3v) is 7.12. The van der Waals surface area contributed by atoms with E-state index in [0.29, 0.717) is 0 Å². The predicted molar refractivity (Wildman–Crippen MR) is 128 cm³/mol. The van der Waals surface area contributed by atoms with Gasteiger partial charge >= 0.3 is 0 Å². The second-order valence-corrected chi connectivity index (χ2v) is 9.46. The van der Waals surface area contributed by atoms with Crippen LogP contribution in [0.5, 0.6) is 0 Å². The minimum Gasteiger partial charge on any atom is -0.357 e. The number of nitrogens with zero attached hydrogens (tertiary/aromatic N) is 2. The van der Waals surface area contributed by atoms with Crippen molar-refractivity contribution in [3.8, 4) is 0 Å². The molecule has 3 aromatic carbocycles. The lowest BCUT2D eigenvalue weighted by Crippen LogP contribution is -2.50. The van der Waals surface area contributed by atoms with Gasteiger partial charge in [-0.3, -0.25) is 13.9 Å². The van der Waals surface area contributed by atoms with Crippen molar-refractivity contribution in [1.82, 2.24) is 10.2 Å². The van der Waals surface area contributed by atoms with Crippen LogP contribution in [-0.2, 0) is 26.2 Å². The van der Waals surface area contributed by atoms with Crippen molar-refractivity contribution in [2.24, 2.45) is 0 Å². The van der Waals surface area contributed by atoms with Gasteiger partial charge in [0.25, 0.3) is 10.0 Å². The van der Waals surface area contributed by atoms with Crippen molar-refractivity contribution in [2.45, 2.75) is 24.4 Å². The van der Waals surface area contributed by atoms with Crippen molar-refractivity contribution >= 4 is 27.5 Å². The number of likely N-dealkylation sites (N-methyl/N-ethyl adjacent to an activating group) is 1. The van der Waals surface area contributed by atoms with E-state index in [2.05, 4.69) is 5.32 Å². The quantitative estimate of drug-likeness (QED) is 0.507. The van der Waals surface area contributed by atoms with Crippen molar-refractivity contribution in [3.05, 3.63) is 96.3 Å². The SMILES string of the molecule is CNC(=O)C(C)N(Cc1ccccc1)C(=O)CN(c1ccccc1)S(=O)(=O)c1ccc(F)cc1. The van der Waals surface area contributed by atoms with Gasteiger partial charge in [-0.2, -0.15) is 0 Å². The van der Waals surface area contributed by atoms with Gasteiger partial charge in [-0.1, -0.05) is 48.5 Å². The molecule has 1 N–H and O–H groups in total. The normalized spacial score (nSPS) is 12.0. The van der Waals surface area contributed by atoms with Gasteiger partial charge in [-0.15, -0.1) is 0 Å². The van der Waals surface area contributed by atoms with Crippen molar-refractivity contribution < 1.29 is 22.4 Å². The Hall–Kier alpha value is -3.72. The van der Waals surface area contributed by atoms with Gasteiger partial charge in [-0.25, -0.2) is 12.8 Å². The Kier molecular flexibility index (Phi) is 8.01. The molecule has 0 aliphatic carbocycles. The van der Waals surface area contributed by atoms with E-state index in [1.165, 1.54) is 11.9 Å². The first-order valence-electron chi connectivity index (χ1n) is 10.6. The summed E-state index contributed by atoms with van der Waals surface area (Å²) in [6.07, 6.45) is 0. The van der Waals surface area contributed by atoms with Crippen LogP contribution in [0.15, 0.2) is 89.8 Å². The number of nitrogens with one attached hydrogen (secondary N) is 1. The van der Waals surface area contributed by atoms with E-state index in [9.17, 15) is 22.4 Å². The lowest BCUT2D eigenvalue weighted by molar-refractivity contribution is -0.139. The number of para-hydroxylation sites is 1. The maximum absolute atomic E-state index is 13.5. The number of carbonyl (C=O) groups excluding carboxylic acids is 2. The fourth-order valence-corrected chi connectivity index (χ4v) is 4.84. The minimum atomic E-state index is -4.21. The minimum absolute atomic E-state index is 0.119. The summed E-state index contributed by atoms with van der Waals surface area (Å²) in [7, 11) is -2.73. The fraction of sp³-hybridized carbons (Fsp3) is 0.200. The Labute approximate surface area is 198 Å². The lowest BCUT2D eigenvalue weighted by atomic mass is 10.1. The molecule has 9 heteroatoms. The van der Waals surface area contributed by atoms with Gasteiger partial charge in [0.2, 0.25) is 11.8 Å². The summed E-state index contributed by atoms with van der Waals surface area (Å²) < 4.78 is 41.3. The summed E-state index contributed by atoms with van der Waals surface area (Å²) in [4.78, 5) is 27.1. The van der Waals surface area contributed by atoms with Crippen LogP contribution in [0.25, 0.3) is 0 Å². The lowest BCUT2D eigenvalue weighted by Gasteiger charge is -2.31. The Morgan fingerprint density at radius 2 is 1.47 bits per heavy atom. The van der Waals surface area contributed by atoms with Gasteiger partial charge in [0.15, 0.2) is 0 Å². The van der Waals surface area contributed by atoms with Crippen LogP contribution in [-0.4, -0.2) is 44.8 Å². The van der Waals surface area contributed by atoms with Crippen LogP contribution < -0.4 is 9.62 Å². The summed E-state index contributed by atoms with van der Waals surface area (Å²) in [5.41, 5.74) is 1.06. The van der Waals surface area contributed by atoms with E-state index in [1.807, 2.05) is 30.3 Å². The van der Waals surface area contributed by atoms with Gasteiger partial charge in [0, 0.05) is 13.6 Å². The van der Waals surface area contributed by atoms with Crippen LogP contribution >= 0.6 is 0 Å². The number of carbonyl (C=O) groups is 2. The van der Waals surface area contributed by atoms with Crippen LogP contribution in [0.1, 0.15) is 12.5 Å². The Bertz CT molecular complexity index is 1220. The van der Waals surface area contributed by atoms with E-state index in [1.54, 1.807) is 37.3 Å². The molecule has 0 saturated carbocycles. The van der Waals surface area contributed by atoms with Crippen molar-refractivity contribution in [3.63, 3.8) is 0 Å². The number of hydrogen-bond donors (Lipinski definition) is 1. The molecule has 0 aliphatic heterocycles. The molecule has 7 nitrogen and oxygen atoms in total. The molecule has 2 amide bonds. The van der Waals surface area contributed by atoms with E-state index in [4.69, 9.17) is 0 Å². The smallest absolute Gasteiger partial charge is 0.264 e. The molecule has 0 heterocycles. The van der Waals surface area contributed by atoms with Crippen LogP contribution in [0, 0.1) is 5.82 Å². The molecule has 34 heavy (non-hydrogen) atoms. The highest BCUT2D eigenvalue weighted by Crippen LogP contribution is 2.24. The third-order valence-electron chi connectivity index (χ3n) is 5.33. The third kappa shape index (κ3) is 5.79. The molecular weight excluding hydrogens is 457 g/mol. The van der Waals surface area contributed by atoms with E-state index in [0.717, 1.165) is 34.1 Å². The molecule has 1 atom stereocenters. The fourth-order valence-electron chi connectivity index (χ4n) is 3.43. The number of sulfonamides is 1. The summed E-state index contributed by atoms with van der Waals surface area (Å²) in [5.74, 6) is -1.51. The molecule has 0 saturated heterocycles. The molecular formula is C25H26FN3O4S. The van der Waals surface area contributed by atoms with E-state index < -0.39 is 34.3 Å². The Morgan fingerprint density at radius 3 is 2.03 bits per heavy atom. The number of benzene rings is 3. The maximum Gasteiger partial charge on any atom is 0.264 e. The zero-order chi connectivity index (χ0) is 24.7. The van der Waals surface area contributed by atoms with Crippen LogP contribution in [0.2, 0.25) is 0 Å². The number of hydrogen-bond acceptors (Lipinski definition) is 4. The first-order chi connectivity index (χ1) is 16.2. The number of halogens is 1. The highest BCUT2D eigenvalue weighted by molar-refractivity contribution is 7.92. The number of anilines is 1. The largest absolute Gasteiger partial charge is 0.357 e. The van der Waals surface area contributed by atoms with Gasteiger partial charge in [0.1, 0.15) is 18.4 Å². The standard InChI is InChI=1S/C25H26FN3O4S/c1-19(25(31)27-2)28(17-20-9-5-3-6-10-20)24(30)18-29(22-11-7-4-8-12-22)34(32,33)23-15-13-21(26)14-16-23/h3-16,19H,17-18H2,1-2H3,(H,27,31). The monoisotopic (exact) mass is 483 g/mol. The van der Waals surface area contributed by atoms with Crippen LogP contribution in [0.4, 0.5) is 10.1 Å². The Balaban J connectivity index is 1.99. The summed E-state index contributed by atoms with van der Waals surface area (Å²) in [6, 6.07) is 20.8. The topological polar surface area (TPSA) is 86.8 Å². The zero-order valence-corrected chi connectivity index (χ0v) is 19.7. The average Bonchev–Trinajstić information content (AvgIpc) is 2.86. The molecule has 1 unspecified atom stereocenters. The maximum atomic E-state index is 13.5. The van der Waals surface area contributed by atoms with Crippen molar-refractivity contribution in [1.29, 1.82) is 0 Å². The molecule has 178 valence electrons. The molecule has 0 bridgehead atoms. The van der Waals surface area contributed by atoms with Gasteiger partial charge in [0.05, 0.1) is 10.6 Å². The first-order valence-corrected chi connectivity index (χ1v) is 12.1. The van der Waals surface area contributed by atoms with Gasteiger partial charge < -0.3 is 10.2 Å². The molecule has 0 aromatic heterocycles. The molecule has 0 fully saturated rings. The summed E-state index contributed by atoms with van der Waals surface area (Å²) in [5, 5.41) is 2.53. The van der Waals surface area contributed by atoms with Gasteiger partial charge in [-0.05, 0) is 48.9 Å². The second-order valence-electron chi connectivity index (χ2n) is 7.60. The highest BCUT2D eigenvalue weighted by atomic mass is 32.2.